The van der Waals surface area contributed by atoms with Crippen LogP contribution in [0.25, 0.3) is 11.0 Å². The Morgan fingerprint density at radius 2 is 1.74 bits per heavy atom. The highest BCUT2D eigenvalue weighted by Gasteiger charge is 2.31. The van der Waals surface area contributed by atoms with Crippen molar-refractivity contribution in [2.24, 2.45) is 0 Å². The number of nitrogens with zero attached hydrogens (tertiary/aromatic N) is 2. The van der Waals surface area contributed by atoms with Crippen LogP contribution in [0.4, 0.5) is 18.9 Å². The molecule has 2 aromatic carbocycles. The van der Waals surface area contributed by atoms with Crippen molar-refractivity contribution in [1.29, 1.82) is 0 Å². The number of hydrogen-bond donors (Lipinski definition) is 2. The number of alkyl halides is 3. The first-order valence-electron chi connectivity index (χ1n) is 10.8. The molecule has 2 N–H and O–H groups in total. The standard InChI is InChI=1S/C24H27F3N4O2S/c1-5-8-31-19-11-17(24(25,26)27)6-7-18(19)29-23(31)34-13-21(33)28-12-20(32)30-22-15(3)9-14(2)10-16(22)4/h6-7,9-11H,5,8,12-13H2,1-4H3,(H,28,33)(H,30,32). The summed E-state index contributed by atoms with van der Waals surface area (Å²) in [6.45, 7) is 7.99. The molecule has 6 nitrogen and oxygen atoms in total. The average Bonchev–Trinajstić information content (AvgIpc) is 3.09. The summed E-state index contributed by atoms with van der Waals surface area (Å²) >= 11 is 1.12. The van der Waals surface area contributed by atoms with Crippen molar-refractivity contribution in [3.63, 3.8) is 0 Å². The van der Waals surface area contributed by atoms with Crippen molar-refractivity contribution in [2.45, 2.75) is 52.0 Å². The Morgan fingerprint density at radius 1 is 1.06 bits per heavy atom. The lowest BCUT2D eigenvalue weighted by Crippen LogP contribution is -2.34. The second-order valence-electron chi connectivity index (χ2n) is 8.13. The molecular weight excluding hydrogens is 465 g/mol. The minimum absolute atomic E-state index is 0.0188. The van der Waals surface area contributed by atoms with E-state index in [1.807, 2.05) is 39.8 Å². The third-order valence-corrected chi connectivity index (χ3v) is 6.18. The number of carbonyl (C=O) groups excluding carboxylic acids is 2. The van der Waals surface area contributed by atoms with Crippen LogP contribution in [0.3, 0.4) is 0 Å². The molecule has 0 aliphatic heterocycles. The maximum absolute atomic E-state index is 13.1. The molecule has 0 unspecified atom stereocenters. The van der Waals surface area contributed by atoms with Gasteiger partial charge in [0.05, 0.1) is 28.9 Å². The second kappa shape index (κ2) is 10.5. The summed E-state index contributed by atoms with van der Waals surface area (Å²) in [4.78, 5) is 29.0. The van der Waals surface area contributed by atoms with Crippen molar-refractivity contribution in [1.82, 2.24) is 14.9 Å². The fourth-order valence-corrected chi connectivity index (χ4v) is 4.62. The zero-order valence-corrected chi connectivity index (χ0v) is 20.3. The summed E-state index contributed by atoms with van der Waals surface area (Å²) < 4.78 is 41.1. The van der Waals surface area contributed by atoms with Crippen LogP contribution in [0.1, 0.15) is 35.6 Å². The number of hydrogen-bond acceptors (Lipinski definition) is 4. The van der Waals surface area contributed by atoms with Crippen LogP contribution in [-0.4, -0.2) is 33.7 Å². The lowest BCUT2D eigenvalue weighted by Gasteiger charge is -2.13. The fraction of sp³-hybridized carbons (Fsp3) is 0.375. The van der Waals surface area contributed by atoms with Crippen LogP contribution in [-0.2, 0) is 22.3 Å². The predicted octanol–water partition coefficient (Wildman–Crippen LogP) is 5.24. The summed E-state index contributed by atoms with van der Waals surface area (Å²) in [5.41, 5.74) is 3.78. The third kappa shape index (κ3) is 6.11. The molecule has 0 saturated carbocycles. The van der Waals surface area contributed by atoms with Gasteiger partial charge in [-0.15, -0.1) is 0 Å². The normalized spacial score (nSPS) is 11.6. The topological polar surface area (TPSA) is 76.0 Å². The molecule has 2 amide bonds. The number of aromatic nitrogens is 2. The first kappa shape index (κ1) is 25.6. The summed E-state index contributed by atoms with van der Waals surface area (Å²) in [6, 6.07) is 7.37. The maximum atomic E-state index is 13.1. The highest BCUT2D eigenvalue weighted by atomic mass is 32.2. The van der Waals surface area contributed by atoms with Gasteiger partial charge < -0.3 is 15.2 Å². The van der Waals surface area contributed by atoms with Crippen LogP contribution in [0.5, 0.6) is 0 Å². The van der Waals surface area contributed by atoms with Crippen LogP contribution < -0.4 is 10.6 Å². The number of benzene rings is 2. The number of rotatable bonds is 8. The molecule has 1 aromatic heterocycles. The molecule has 0 aliphatic carbocycles. The Kier molecular flexibility index (Phi) is 7.91. The van der Waals surface area contributed by atoms with Gasteiger partial charge in [-0.1, -0.05) is 36.4 Å². The van der Waals surface area contributed by atoms with E-state index in [1.165, 1.54) is 6.07 Å². The average molecular weight is 493 g/mol. The van der Waals surface area contributed by atoms with Crippen molar-refractivity contribution in [2.75, 3.05) is 17.6 Å². The van der Waals surface area contributed by atoms with Crippen molar-refractivity contribution in [3.05, 3.63) is 52.6 Å². The van der Waals surface area contributed by atoms with Crippen molar-refractivity contribution in [3.8, 4) is 0 Å². The second-order valence-corrected chi connectivity index (χ2v) is 9.08. The number of halogens is 3. The highest BCUT2D eigenvalue weighted by molar-refractivity contribution is 7.99. The number of fused-ring (bicyclic) bond motifs is 1. The first-order valence-corrected chi connectivity index (χ1v) is 11.8. The maximum Gasteiger partial charge on any atom is 0.416 e. The van der Waals surface area contributed by atoms with Gasteiger partial charge in [-0.05, 0) is 56.5 Å². The quantitative estimate of drug-likeness (QED) is 0.422. The van der Waals surface area contributed by atoms with E-state index in [0.717, 1.165) is 46.3 Å². The number of amides is 2. The first-order chi connectivity index (χ1) is 16.0. The van der Waals surface area contributed by atoms with Gasteiger partial charge in [0.1, 0.15) is 0 Å². The molecule has 34 heavy (non-hydrogen) atoms. The molecule has 3 aromatic rings. The van der Waals surface area contributed by atoms with Gasteiger partial charge >= 0.3 is 6.18 Å². The summed E-state index contributed by atoms with van der Waals surface area (Å²) in [6.07, 6.45) is -3.75. The number of thioether (sulfide) groups is 1. The molecule has 0 atom stereocenters. The van der Waals surface area contributed by atoms with Crippen molar-refractivity contribution < 1.29 is 22.8 Å². The van der Waals surface area contributed by atoms with Gasteiger partial charge in [0.2, 0.25) is 11.8 Å². The molecule has 0 fully saturated rings. The predicted molar refractivity (Wildman–Crippen MR) is 128 cm³/mol. The van der Waals surface area contributed by atoms with E-state index >= 15 is 0 Å². The van der Waals surface area contributed by atoms with Crippen LogP contribution in [0.15, 0.2) is 35.5 Å². The van der Waals surface area contributed by atoms with Gasteiger partial charge in [-0.3, -0.25) is 9.59 Å². The lowest BCUT2D eigenvalue weighted by molar-refractivity contribution is -0.137. The number of aryl methyl sites for hydroxylation is 4. The van der Waals surface area contributed by atoms with Crippen molar-refractivity contribution >= 4 is 40.3 Å². The van der Waals surface area contributed by atoms with Gasteiger partial charge in [-0.2, -0.15) is 13.2 Å². The Hall–Kier alpha value is -3.01. The molecule has 3 rings (SSSR count). The fourth-order valence-electron chi connectivity index (χ4n) is 3.75. The lowest BCUT2D eigenvalue weighted by atomic mass is 10.1. The molecule has 10 heteroatoms. The van der Waals surface area contributed by atoms with Crippen LogP contribution in [0.2, 0.25) is 0 Å². The van der Waals surface area contributed by atoms with E-state index in [1.54, 1.807) is 4.57 Å². The number of anilines is 1. The molecule has 0 spiro atoms. The SMILES string of the molecule is CCCn1c(SCC(=O)NCC(=O)Nc2c(C)cc(C)cc2C)nc2ccc(C(F)(F)F)cc21. The van der Waals surface area contributed by atoms with Gasteiger partial charge in [0, 0.05) is 12.2 Å². The van der Waals surface area contributed by atoms with Gasteiger partial charge in [0.25, 0.3) is 0 Å². The molecule has 0 aliphatic rings. The van der Waals surface area contributed by atoms with E-state index in [9.17, 15) is 22.8 Å². The Bertz CT molecular complexity index is 1200. The van der Waals surface area contributed by atoms with Crippen LogP contribution >= 0.6 is 11.8 Å². The molecule has 0 radical (unpaired) electrons. The third-order valence-electron chi connectivity index (χ3n) is 5.21. The summed E-state index contributed by atoms with van der Waals surface area (Å²) in [5, 5.41) is 5.87. The minimum atomic E-state index is -4.45. The van der Waals surface area contributed by atoms with Crippen LogP contribution in [0, 0.1) is 20.8 Å². The molecular formula is C24H27F3N4O2S. The van der Waals surface area contributed by atoms with E-state index < -0.39 is 11.7 Å². The van der Waals surface area contributed by atoms with E-state index in [4.69, 9.17) is 0 Å². The highest BCUT2D eigenvalue weighted by Crippen LogP contribution is 2.33. The zero-order chi connectivity index (χ0) is 25.0. The Balaban J connectivity index is 1.62. The van der Waals surface area contributed by atoms with E-state index in [-0.39, 0.29) is 24.1 Å². The van der Waals surface area contributed by atoms with Gasteiger partial charge in [-0.25, -0.2) is 4.98 Å². The minimum Gasteiger partial charge on any atom is -0.346 e. The number of carbonyl (C=O) groups is 2. The molecule has 182 valence electrons. The monoisotopic (exact) mass is 492 g/mol. The molecule has 0 bridgehead atoms. The summed E-state index contributed by atoms with van der Waals surface area (Å²) in [7, 11) is 0. The smallest absolute Gasteiger partial charge is 0.346 e. The van der Waals surface area contributed by atoms with E-state index in [2.05, 4.69) is 15.6 Å². The Labute approximate surface area is 200 Å². The Morgan fingerprint density at radius 3 is 2.35 bits per heavy atom. The van der Waals surface area contributed by atoms with Gasteiger partial charge in [0.15, 0.2) is 5.16 Å². The number of imidazole rings is 1. The zero-order valence-electron chi connectivity index (χ0n) is 19.5. The molecule has 0 saturated heterocycles. The summed E-state index contributed by atoms with van der Waals surface area (Å²) in [5.74, 6) is -0.732. The van der Waals surface area contributed by atoms with E-state index in [0.29, 0.717) is 29.2 Å². The number of nitrogens with one attached hydrogen (secondary N) is 2. The largest absolute Gasteiger partial charge is 0.416 e. The molecule has 1 heterocycles.